The Hall–Kier alpha value is -2.45. The van der Waals surface area contributed by atoms with Gasteiger partial charge in [0.05, 0.1) is 25.3 Å². The molecule has 0 aliphatic heterocycles. The highest BCUT2D eigenvalue weighted by Crippen LogP contribution is 2.28. The Balaban J connectivity index is 1.58. The lowest BCUT2D eigenvalue weighted by molar-refractivity contribution is 0.235. The van der Waals surface area contributed by atoms with Crippen LogP contribution >= 0.6 is 0 Å². The van der Waals surface area contributed by atoms with Gasteiger partial charge in [0.2, 0.25) is 0 Å². The third-order valence-corrected chi connectivity index (χ3v) is 3.48. The molecule has 0 aromatic carbocycles. The molecule has 9 nitrogen and oxygen atoms in total. The first-order valence-electron chi connectivity index (χ1n) is 6.91. The second-order valence-corrected chi connectivity index (χ2v) is 5.17. The van der Waals surface area contributed by atoms with Crippen molar-refractivity contribution in [1.82, 2.24) is 40.6 Å². The summed E-state index contributed by atoms with van der Waals surface area (Å²) in [6.45, 7) is 0.256. The summed E-state index contributed by atoms with van der Waals surface area (Å²) < 4.78 is 1.80. The monoisotopic (exact) mass is 290 g/mol. The molecule has 0 bridgehead atoms. The van der Waals surface area contributed by atoms with Crippen molar-refractivity contribution in [1.29, 1.82) is 0 Å². The maximum absolute atomic E-state index is 12.0. The van der Waals surface area contributed by atoms with E-state index in [0.29, 0.717) is 5.82 Å². The van der Waals surface area contributed by atoms with E-state index in [4.69, 9.17) is 0 Å². The highest BCUT2D eigenvalue weighted by Gasteiger charge is 2.24. The average molecular weight is 290 g/mol. The number of carbonyl (C=O) groups is 1. The van der Waals surface area contributed by atoms with Gasteiger partial charge in [-0.1, -0.05) is 0 Å². The zero-order valence-corrected chi connectivity index (χ0v) is 12.1. The minimum Gasteiger partial charge on any atom is -0.331 e. The fraction of sp³-hybridized carbons (Fsp3) is 0.583. The topological polar surface area (TPSA) is 103 Å². The van der Waals surface area contributed by atoms with Crippen molar-refractivity contribution in [2.24, 2.45) is 14.1 Å². The van der Waals surface area contributed by atoms with Gasteiger partial charge in [0.15, 0.2) is 5.82 Å². The summed E-state index contributed by atoms with van der Waals surface area (Å²) in [5.41, 5.74) is 2.18. The minimum atomic E-state index is -0.232. The van der Waals surface area contributed by atoms with Crippen LogP contribution in [0.2, 0.25) is 0 Å². The molecule has 0 saturated heterocycles. The Bertz CT molecular complexity index is 645. The summed E-state index contributed by atoms with van der Waals surface area (Å²) in [6, 6.07) is -0.221. The Morgan fingerprint density at radius 1 is 1.43 bits per heavy atom. The van der Waals surface area contributed by atoms with E-state index < -0.39 is 0 Å². The molecule has 2 amide bonds. The van der Waals surface area contributed by atoms with Crippen molar-refractivity contribution in [3.63, 3.8) is 0 Å². The highest BCUT2D eigenvalue weighted by molar-refractivity contribution is 5.74. The van der Waals surface area contributed by atoms with Crippen LogP contribution in [-0.2, 0) is 27.1 Å². The maximum Gasteiger partial charge on any atom is 0.315 e. The van der Waals surface area contributed by atoms with Crippen molar-refractivity contribution >= 4 is 6.03 Å². The number of hydrogen-bond acceptors (Lipinski definition) is 5. The molecule has 3 rings (SSSR count). The number of fused-ring (bicyclic) bond motifs is 1. The van der Waals surface area contributed by atoms with Crippen molar-refractivity contribution in [3.8, 4) is 0 Å². The number of rotatable bonds is 3. The van der Waals surface area contributed by atoms with Crippen LogP contribution in [0, 0.1) is 0 Å². The van der Waals surface area contributed by atoms with Crippen LogP contribution in [0.1, 0.15) is 36.0 Å². The summed E-state index contributed by atoms with van der Waals surface area (Å²) in [6.07, 6.45) is 4.90. The van der Waals surface area contributed by atoms with Crippen LogP contribution < -0.4 is 10.6 Å². The molecule has 2 aromatic rings. The second-order valence-electron chi connectivity index (χ2n) is 5.17. The molecular weight excluding hydrogens is 272 g/mol. The lowest BCUT2D eigenvalue weighted by atomic mass is 9.93. The van der Waals surface area contributed by atoms with Crippen molar-refractivity contribution in [2.45, 2.75) is 31.8 Å². The molecule has 2 N–H and O–H groups in total. The number of nitrogens with zero attached hydrogens (tertiary/aromatic N) is 6. The smallest absolute Gasteiger partial charge is 0.315 e. The lowest BCUT2D eigenvalue weighted by Gasteiger charge is -2.22. The number of carbonyl (C=O) groups excluding carboxylic acids is 1. The molecular formula is C12H18N8O. The number of nitrogens with one attached hydrogen (secondary N) is 2. The van der Waals surface area contributed by atoms with Gasteiger partial charge >= 0.3 is 6.03 Å². The van der Waals surface area contributed by atoms with Crippen molar-refractivity contribution in [2.75, 3.05) is 0 Å². The summed E-state index contributed by atoms with van der Waals surface area (Å²) in [7, 11) is 3.58. The van der Waals surface area contributed by atoms with Gasteiger partial charge in [-0.3, -0.25) is 4.68 Å². The lowest BCUT2D eigenvalue weighted by Crippen LogP contribution is -2.38. The molecule has 21 heavy (non-hydrogen) atoms. The van der Waals surface area contributed by atoms with Crippen LogP contribution in [0.25, 0.3) is 0 Å². The number of aryl methyl sites for hydroxylation is 3. The molecule has 1 unspecified atom stereocenters. The second kappa shape index (κ2) is 5.51. The van der Waals surface area contributed by atoms with Gasteiger partial charge in [0.1, 0.15) is 0 Å². The standard InChI is InChI=1S/C12H18N8O/c1-19-7-8-9(4-3-5-10(8)16-19)14-12(21)13-6-11-15-18-20(2)17-11/h7,9H,3-6H2,1-2H3,(H2,13,14,21). The Labute approximate surface area is 121 Å². The van der Waals surface area contributed by atoms with E-state index in [2.05, 4.69) is 31.1 Å². The number of aromatic nitrogens is 6. The van der Waals surface area contributed by atoms with Crippen LogP contribution in [0.15, 0.2) is 6.20 Å². The van der Waals surface area contributed by atoms with Crippen LogP contribution in [0.3, 0.4) is 0 Å². The van der Waals surface area contributed by atoms with Gasteiger partial charge in [-0.25, -0.2) is 4.79 Å². The third kappa shape index (κ3) is 3.01. The molecule has 2 heterocycles. The predicted octanol–water partition coefficient (Wildman–Crippen LogP) is -0.180. The first kappa shape index (κ1) is 13.5. The first-order chi connectivity index (χ1) is 10.1. The minimum absolute atomic E-state index is 0.0114. The van der Waals surface area contributed by atoms with E-state index in [1.165, 1.54) is 4.80 Å². The Morgan fingerprint density at radius 3 is 3.05 bits per heavy atom. The third-order valence-electron chi connectivity index (χ3n) is 3.48. The van der Waals surface area contributed by atoms with E-state index in [1.807, 2.05) is 13.2 Å². The van der Waals surface area contributed by atoms with Gasteiger partial charge in [-0.2, -0.15) is 9.90 Å². The Kier molecular flexibility index (Phi) is 3.55. The van der Waals surface area contributed by atoms with Gasteiger partial charge in [-0.15, -0.1) is 10.2 Å². The van der Waals surface area contributed by atoms with Gasteiger partial charge in [0.25, 0.3) is 0 Å². The number of amides is 2. The van der Waals surface area contributed by atoms with E-state index in [0.717, 1.165) is 30.5 Å². The number of hydrogen-bond donors (Lipinski definition) is 2. The predicted molar refractivity (Wildman–Crippen MR) is 73.1 cm³/mol. The van der Waals surface area contributed by atoms with Crippen molar-refractivity contribution < 1.29 is 4.79 Å². The molecule has 0 radical (unpaired) electrons. The average Bonchev–Trinajstić information content (AvgIpc) is 3.02. The summed E-state index contributed by atoms with van der Waals surface area (Å²) in [4.78, 5) is 13.3. The molecule has 1 aliphatic rings. The van der Waals surface area contributed by atoms with E-state index >= 15 is 0 Å². The highest BCUT2D eigenvalue weighted by atomic mass is 16.2. The van der Waals surface area contributed by atoms with E-state index in [9.17, 15) is 4.79 Å². The van der Waals surface area contributed by atoms with Gasteiger partial charge in [0, 0.05) is 18.8 Å². The molecule has 0 spiro atoms. The fourth-order valence-corrected chi connectivity index (χ4v) is 2.58. The molecule has 1 atom stereocenters. The number of tetrazole rings is 1. The van der Waals surface area contributed by atoms with Gasteiger partial charge < -0.3 is 10.6 Å². The quantitative estimate of drug-likeness (QED) is 0.816. The molecule has 0 saturated carbocycles. The van der Waals surface area contributed by atoms with Crippen LogP contribution in [0.4, 0.5) is 4.79 Å². The normalized spacial score (nSPS) is 17.3. The first-order valence-corrected chi connectivity index (χ1v) is 6.91. The van der Waals surface area contributed by atoms with E-state index in [-0.39, 0.29) is 18.6 Å². The molecule has 0 fully saturated rings. The molecule has 2 aromatic heterocycles. The zero-order chi connectivity index (χ0) is 14.8. The van der Waals surface area contributed by atoms with Crippen molar-refractivity contribution in [3.05, 3.63) is 23.3 Å². The van der Waals surface area contributed by atoms with Crippen LogP contribution in [-0.4, -0.2) is 36.0 Å². The largest absolute Gasteiger partial charge is 0.331 e. The Morgan fingerprint density at radius 2 is 2.29 bits per heavy atom. The zero-order valence-electron chi connectivity index (χ0n) is 12.1. The SMILES string of the molecule is Cn1cc2c(n1)CCCC2NC(=O)NCc1nnn(C)n1. The molecule has 9 heteroatoms. The van der Waals surface area contributed by atoms with Crippen LogP contribution in [0.5, 0.6) is 0 Å². The summed E-state index contributed by atoms with van der Waals surface area (Å²) in [5, 5.41) is 21.7. The van der Waals surface area contributed by atoms with Gasteiger partial charge in [-0.05, 0) is 24.5 Å². The molecule has 112 valence electrons. The number of urea groups is 1. The fourth-order valence-electron chi connectivity index (χ4n) is 2.58. The summed E-state index contributed by atoms with van der Waals surface area (Å²) >= 11 is 0. The maximum atomic E-state index is 12.0. The van der Waals surface area contributed by atoms with E-state index in [1.54, 1.807) is 11.7 Å². The summed E-state index contributed by atoms with van der Waals surface area (Å²) in [5.74, 6) is 0.485. The molecule has 1 aliphatic carbocycles.